The molecule has 0 spiro atoms. The molecule has 1 N–H and O–H groups in total. The highest BCUT2D eigenvalue weighted by Crippen LogP contribution is 2.14. The molecule has 0 unspecified atom stereocenters. The minimum absolute atomic E-state index is 0.138. The summed E-state index contributed by atoms with van der Waals surface area (Å²) in [6.45, 7) is 3.08. The topological polar surface area (TPSA) is 90.5 Å². The van der Waals surface area contributed by atoms with Gasteiger partial charge in [-0.3, -0.25) is 9.48 Å². The van der Waals surface area contributed by atoms with E-state index in [-0.39, 0.29) is 5.91 Å². The molecule has 22 heavy (non-hydrogen) atoms. The van der Waals surface area contributed by atoms with Crippen LogP contribution >= 0.6 is 0 Å². The van der Waals surface area contributed by atoms with E-state index >= 15 is 0 Å². The molecule has 0 aliphatic heterocycles. The number of aromatic nitrogens is 6. The molecule has 1 aromatic carbocycles. The van der Waals surface area contributed by atoms with E-state index in [9.17, 15) is 4.79 Å². The molecule has 1 amide bonds. The molecule has 0 saturated heterocycles. The summed E-state index contributed by atoms with van der Waals surface area (Å²) in [5.74, 6) is -0.138. The van der Waals surface area contributed by atoms with Gasteiger partial charge in [-0.2, -0.15) is 5.10 Å². The number of carbonyl (C=O) groups excluding carboxylic acids is 1. The molecule has 112 valence electrons. The van der Waals surface area contributed by atoms with Crippen LogP contribution in [0, 0.1) is 6.92 Å². The van der Waals surface area contributed by atoms with Crippen LogP contribution in [-0.2, 0) is 6.54 Å². The zero-order chi connectivity index (χ0) is 15.4. The van der Waals surface area contributed by atoms with Crippen LogP contribution in [0.3, 0.4) is 0 Å². The summed E-state index contributed by atoms with van der Waals surface area (Å²) in [4.78, 5) is 12.2. The second kappa shape index (κ2) is 6.17. The number of amides is 1. The molecule has 0 saturated carbocycles. The lowest BCUT2D eigenvalue weighted by Crippen LogP contribution is -2.27. The van der Waals surface area contributed by atoms with E-state index in [0.717, 1.165) is 11.3 Å². The van der Waals surface area contributed by atoms with Gasteiger partial charge < -0.3 is 5.32 Å². The quantitative estimate of drug-likeness (QED) is 0.744. The largest absolute Gasteiger partial charge is 0.350 e. The zero-order valence-corrected chi connectivity index (χ0v) is 12.0. The van der Waals surface area contributed by atoms with Crippen LogP contribution in [0.4, 0.5) is 0 Å². The van der Waals surface area contributed by atoms with E-state index in [2.05, 4.69) is 25.9 Å². The summed E-state index contributed by atoms with van der Waals surface area (Å²) in [5.41, 5.74) is 2.33. The minimum atomic E-state index is -0.138. The summed E-state index contributed by atoms with van der Waals surface area (Å²) in [7, 11) is 0. The van der Waals surface area contributed by atoms with Crippen LogP contribution in [0.5, 0.6) is 0 Å². The first kappa shape index (κ1) is 13.9. The fraction of sp³-hybridized carbons (Fsp3) is 0.214. The van der Waals surface area contributed by atoms with Crippen LogP contribution in [0.1, 0.15) is 15.9 Å². The molecule has 8 nitrogen and oxygen atoms in total. The predicted molar refractivity (Wildman–Crippen MR) is 78.5 cm³/mol. The van der Waals surface area contributed by atoms with E-state index in [1.165, 1.54) is 11.0 Å². The van der Waals surface area contributed by atoms with Crippen molar-refractivity contribution in [3.05, 3.63) is 54.1 Å². The Morgan fingerprint density at radius 2 is 2.27 bits per heavy atom. The molecule has 0 aliphatic rings. The van der Waals surface area contributed by atoms with E-state index in [0.29, 0.717) is 18.7 Å². The maximum atomic E-state index is 12.2. The summed E-state index contributed by atoms with van der Waals surface area (Å²) >= 11 is 0. The minimum Gasteiger partial charge on any atom is -0.350 e. The fourth-order valence-electron chi connectivity index (χ4n) is 2.09. The Morgan fingerprint density at radius 1 is 1.36 bits per heavy atom. The van der Waals surface area contributed by atoms with Gasteiger partial charge in [-0.15, -0.1) is 5.10 Å². The third-order valence-electron chi connectivity index (χ3n) is 3.25. The van der Waals surface area contributed by atoms with Gasteiger partial charge in [0.25, 0.3) is 5.91 Å². The first-order chi connectivity index (χ1) is 10.7. The van der Waals surface area contributed by atoms with Crippen LogP contribution in [-0.4, -0.2) is 42.4 Å². The number of nitrogens with zero attached hydrogens (tertiary/aromatic N) is 6. The van der Waals surface area contributed by atoms with E-state index in [1.54, 1.807) is 23.0 Å². The second-order valence-corrected chi connectivity index (χ2v) is 4.78. The van der Waals surface area contributed by atoms with E-state index in [4.69, 9.17) is 0 Å². The van der Waals surface area contributed by atoms with Gasteiger partial charge in [-0.25, -0.2) is 4.68 Å². The number of hydrogen-bond acceptors (Lipinski definition) is 5. The van der Waals surface area contributed by atoms with Crippen molar-refractivity contribution in [2.75, 3.05) is 6.54 Å². The molecule has 0 aliphatic carbocycles. The van der Waals surface area contributed by atoms with Crippen molar-refractivity contribution >= 4 is 5.91 Å². The molecule has 0 fully saturated rings. The summed E-state index contributed by atoms with van der Waals surface area (Å²) in [6.07, 6.45) is 5.07. The lowest BCUT2D eigenvalue weighted by atomic mass is 10.1. The van der Waals surface area contributed by atoms with Crippen molar-refractivity contribution in [3.8, 4) is 5.69 Å². The van der Waals surface area contributed by atoms with Crippen LogP contribution < -0.4 is 5.32 Å². The Labute approximate surface area is 126 Å². The lowest BCUT2D eigenvalue weighted by Gasteiger charge is -2.09. The molecule has 3 rings (SSSR count). The Morgan fingerprint density at radius 3 is 3.00 bits per heavy atom. The number of tetrazole rings is 1. The van der Waals surface area contributed by atoms with Crippen LogP contribution in [0.2, 0.25) is 0 Å². The molecular formula is C14H15N7O. The summed E-state index contributed by atoms with van der Waals surface area (Å²) in [5, 5.41) is 18.0. The standard InChI is InChI=1S/C14H15N7O/c1-11-3-4-12(9-13(11)21-10-16-18-19-21)14(22)15-6-8-20-7-2-5-17-20/h2-5,7,9-10H,6,8H2,1H3,(H,15,22). The van der Waals surface area contributed by atoms with E-state index < -0.39 is 0 Å². The van der Waals surface area contributed by atoms with Crippen molar-refractivity contribution in [2.24, 2.45) is 0 Å². The monoisotopic (exact) mass is 297 g/mol. The van der Waals surface area contributed by atoms with Crippen molar-refractivity contribution in [2.45, 2.75) is 13.5 Å². The number of carbonyl (C=O) groups is 1. The number of nitrogens with one attached hydrogen (secondary N) is 1. The van der Waals surface area contributed by atoms with Gasteiger partial charge >= 0.3 is 0 Å². The summed E-state index contributed by atoms with van der Waals surface area (Å²) in [6, 6.07) is 7.28. The van der Waals surface area contributed by atoms with Gasteiger partial charge in [0.05, 0.1) is 12.2 Å². The molecule has 0 radical (unpaired) electrons. The number of aryl methyl sites for hydroxylation is 1. The number of benzene rings is 1. The molecule has 0 bridgehead atoms. The zero-order valence-electron chi connectivity index (χ0n) is 12.0. The van der Waals surface area contributed by atoms with Gasteiger partial charge in [0, 0.05) is 24.5 Å². The highest BCUT2D eigenvalue weighted by atomic mass is 16.1. The molecule has 0 atom stereocenters. The Bertz CT molecular complexity index is 750. The fourth-order valence-corrected chi connectivity index (χ4v) is 2.09. The molecule has 2 aromatic heterocycles. The van der Waals surface area contributed by atoms with Crippen LogP contribution in [0.25, 0.3) is 5.69 Å². The highest BCUT2D eigenvalue weighted by molar-refractivity contribution is 5.94. The SMILES string of the molecule is Cc1ccc(C(=O)NCCn2cccn2)cc1-n1cnnn1. The Hall–Kier alpha value is -3.03. The highest BCUT2D eigenvalue weighted by Gasteiger charge is 2.09. The van der Waals surface area contributed by atoms with Crippen molar-refractivity contribution in [1.82, 2.24) is 35.3 Å². The summed E-state index contributed by atoms with van der Waals surface area (Å²) < 4.78 is 3.30. The van der Waals surface area contributed by atoms with Gasteiger partial charge in [-0.05, 0) is 41.1 Å². The molecular weight excluding hydrogens is 282 g/mol. The van der Waals surface area contributed by atoms with Gasteiger partial charge in [0.1, 0.15) is 6.33 Å². The van der Waals surface area contributed by atoms with E-state index in [1.807, 2.05) is 25.3 Å². The lowest BCUT2D eigenvalue weighted by molar-refractivity contribution is 0.0952. The maximum absolute atomic E-state index is 12.2. The van der Waals surface area contributed by atoms with Gasteiger partial charge in [0.15, 0.2) is 0 Å². The van der Waals surface area contributed by atoms with Gasteiger partial charge in [-0.1, -0.05) is 6.07 Å². The van der Waals surface area contributed by atoms with Crippen molar-refractivity contribution in [1.29, 1.82) is 0 Å². The maximum Gasteiger partial charge on any atom is 0.251 e. The third-order valence-corrected chi connectivity index (χ3v) is 3.25. The van der Waals surface area contributed by atoms with Crippen LogP contribution in [0.15, 0.2) is 43.0 Å². The van der Waals surface area contributed by atoms with Crippen molar-refractivity contribution in [3.63, 3.8) is 0 Å². The normalized spacial score (nSPS) is 10.6. The van der Waals surface area contributed by atoms with Crippen molar-refractivity contribution < 1.29 is 4.79 Å². The Balaban J connectivity index is 1.69. The third kappa shape index (κ3) is 3.00. The average Bonchev–Trinajstić information content (AvgIpc) is 3.21. The molecule has 8 heteroatoms. The second-order valence-electron chi connectivity index (χ2n) is 4.78. The smallest absolute Gasteiger partial charge is 0.251 e. The number of hydrogen-bond donors (Lipinski definition) is 1. The molecule has 2 heterocycles. The first-order valence-corrected chi connectivity index (χ1v) is 6.84. The first-order valence-electron chi connectivity index (χ1n) is 6.84. The Kier molecular flexibility index (Phi) is 3.90. The van der Waals surface area contributed by atoms with Gasteiger partial charge in [0.2, 0.25) is 0 Å². The average molecular weight is 297 g/mol. The predicted octanol–water partition coefficient (Wildman–Crippen LogP) is 0.597. The number of rotatable bonds is 5. The molecule has 3 aromatic rings.